The zero-order valence-electron chi connectivity index (χ0n) is 18.0. The molecule has 1 saturated heterocycles. The lowest BCUT2D eigenvalue weighted by Gasteiger charge is -2.23. The minimum atomic E-state index is -0.0949. The van der Waals surface area contributed by atoms with Crippen LogP contribution < -0.4 is 14.4 Å². The van der Waals surface area contributed by atoms with Gasteiger partial charge in [0, 0.05) is 12.2 Å². The van der Waals surface area contributed by atoms with Gasteiger partial charge >= 0.3 is 0 Å². The maximum atomic E-state index is 13.6. The van der Waals surface area contributed by atoms with Gasteiger partial charge < -0.3 is 14.2 Å². The fourth-order valence-electron chi connectivity index (χ4n) is 3.58. The number of hydrogen-bond acceptors (Lipinski definition) is 6. The van der Waals surface area contributed by atoms with E-state index in [4.69, 9.17) is 19.2 Å². The molecule has 0 aliphatic carbocycles. The third kappa shape index (κ3) is 5.17. The lowest BCUT2D eigenvalue weighted by Crippen LogP contribution is -2.37. The van der Waals surface area contributed by atoms with Crippen LogP contribution in [0.3, 0.4) is 0 Å². The summed E-state index contributed by atoms with van der Waals surface area (Å²) < 4.78 is 18.0. The molecule has 2 aromatic carbocycles. The van der Waals surface area contributed by atoms with Gasteiger partial charge in [-0.1, -0.05) is 30.7 Å². The van der Waals surface area contributed by atoms with Gasteiger partial charge in [-0.15, -0.1) is 0 Å². The van der Waals surface area contributed by atoms with E-state index in [2.05, 4.69) is 6.92 Å². The first kappa shape index (κ1) is 21.6. The Morgan fingerprint density at radius 2 is 2.16 bits per heavy atom. The van der Waals surface area contributed by atoms with Crippen LogP contribution in [0.5, 0.6) is 11.5 Å². The van der Waals surface area contributed by atoms with Gasteiger partial charge in [0.05, 0.1) is 36.6 Å². The summed E-state index contributed by atoms with van der Waals surface area (Å²) in [6, 6.07) is 13.2. The monoisotopic (exact) mass is 440 g/mol. The van der Waals surface area contributed by atoms with Crippen LogP contribution in [-0.2, 0) is 4.74 Å². The first-order chi connectivity index (χ1) is 15.2. The van der Waals surface area contributed by atoms with Crippen molar-refractivity contribution in [1.82, 2.24) is 4.98 Å². The molecule has 7 heteroatoms. The zero-order chi connectivity index (χ0) is 21.6. The SMILES string of the molecule is CCCCOc1cccc(C(=O)N(CC2CCCO2)c2nc3ccc(OC)cc3s2)c1. The number of amides is 1. The normalized spacial score (nSPS) is 15.9. The molecule has 0 bridgehead atoms. The molecule has 31 heavy (non-hydrogen) atoms. The van der Waals surface area contributed by atoms with Crippen LogP contribution in [0.4, 0.5) is 5.13 Å². The smallest absolute Gasteiger partial charge is 0.260 e. The highest BCUT2D eigenvalue weighted by molar-refractivity contribution is 7.22. The first-order valence-corrected chi connectivity index (χ1v) is 11.6. The van der Waals surface area contributed by atoms with Crippen molar-refractivity contribution < 1.29 is 19.0 Å². The number of thiazole rings is 1. The van der Waals surface area contributed by atoms with Crippen LogP contribution in [-0.4, -0.2) is 43.9 Å². The Kier molecular flexibility index (Phi) is 7.04. The summed E-state index contributed by atoms with van der Waals surface area (Å²) in [5.74, 6) is 1.39. The van der Waals surface area contributed by atoms with Crippen molar-refractivity contribution in [3.05, 3.63) is 48.0 Å². The third-order valence-electron chi connectivity index (χ3n) is 5.32. The lowest BCUT2D eigenvalue weighted by atomic mass is 10.1. The molecule has 1 atom stereocenters. The fourth-order valence-corrected chi connectivity index (χ4v) is 4.59. The minimum absolute atomic E-state index is 0.0227. The number of fused-ring (bicyclic) bond motifs is 1. The van der Waals surface area contributed by atoms with E-state index in [-0.39, 0.29) is 12.0 Å². The number of ether oxygens (including phenoxy) is 3. The lowest BCUT2D eigenvalue weighted by molar-refractivity contribution is 0.0917. The van der Waals surface area contributed by atoms with Crippen LogP contribution in [0.15, 0.2) is 42.5 Å². The molecule has 0 saturated carbocycles. The zero-order valence-corrected chi connectivity index (χ0v) is 18.8. The van der Waals surface area contributed by atoms with E-state index >= 15 is 0 Å². The molecule has 0 spiro atoms. The summed E-state index contributed by atoms with van der Waals surface area (Å²) in [7, 11) is 1.64. The van der Waals surface area contributed by atoms with E-state index in [0.717, 1.165) is 48.3 Å². The highest BCUT2D eigenvalue weighted by Gasteiger charge is 2.27. The molecular weight excluding hydrogens is 412 g/mol. The molecule has 0 radical (unpaired) electrons. The number of carbonyl (C=O) groups is 1. The Labute approximate surface area is 186 Å². The summed E-state index contributed by atoms with van der Waals surface area (Å²) in [5, 5.41) is 0.668. The standard InChI is InChI=1S/C24H28N2O4S/c1-3-4-12-29-19-8-5-7-17(14-19)23(27)26(16-20-9-6-13-30-20)24-25-21-11-10-18(28-2)15-22(21)31-24/h5,7-8,10-11,14-15,20H,3-4,6,9,12-13,16H2,1-2H3. The largest absolute Gasteiger partial charge is 0.497 e. The van der Waals surface area contributed by atoms with Crippen molar-refractivity contribution >= 4 is 32.6 Å². The van der Waals surface area contributed by atoms with Crippen LogP contribution >= 0.6 is 11.3 Å². The van der Waals surface area contributed by atoms with E-state index in [9.17, 15) is 4.79 Å². The van der Waals surface area contributed by atoms with Crippen LogP contribution in [0, 0.1) is 0 Å². The van der Waals surface area contributed by atoms with Gasteiger partial charge in [0.15, 0.2) is 5.13 Å². The Hall–Kier alpha value is -2.64. The second-order valence-corrected chi connectivity index (χ2v) is 8.62. The number of rotatable bonds is 9. The molecule has 1 fully saturated rings. The Morgan fingerprint density at radius 1 is 1.26 bits per heavy atom. The van der Waals surface area contributed by atoms with E-state index < -0.39 is 0 Å². The molecule has 1 aliphatic heterocycles. The van der Waals surface area contributed by atoms with Gasteiger partial charge in [-0.2, -0.15) is 0 Å². The van der Waals surface area contributed by atoms with E-state index in [0.29, 0.717) is 29.6 Å². The highest BCUT2D eigenvalue weighted by Crippen LogP contribution is 2.33. The number of benzene rings is 2. The fraction of sp³-hybridized carbons (Fsp3) is 0.417. The second-order valence-electron chi connectivity index (χ2n) is 7.61. The van der Waals surface area contributed by atoms with Gasteiger partial charge in [-0.3, -0.25) is 9.69 Å². The van der Waals surface area contributed by atoms with Crippen molar-refractivity contribution in [2.45, 2.75) is 38.7 Å². The number of carbonyl (C=O) groups excluding carboxylic acids is 1. The number of aromatic nitrogens is 1. The number of nitrogens with zero attached hydrogens (tertiary/aromatic N) is 2. The van der Waals surface area contributed by atoms with Gasteiger partial charge in [0.2, 0.25) is 0 Å². The molecule has 164 valence electrons. The third-order valence-corrected chi connectivity index (χ3v) is 6.36. The summed E-state index contributed by atoms with van der Waals surface area (Å²) in [5.41, 5.74) is 1.44. The van der Waals surface area contributed by atoms with E-state index in [1.165, 1.54) is 11.3 Å². The predicted molar refractivity (Wildman–Crippen MR) is 124 cm³/mol. The Bertz CT molecular complexity index is 1030. The van der Waals surface area contributed by atoms with E-state index in [1.807, 2.05) is 42.5 Å². The van der Waals surface area contributed by atoms with Crippen molar-refractivity contribution in [2.75, 3.05) is 31.8 Å². The molecule has 1 amide bonds. The molecule has 2 heterocycles. The van der Waals surface area contributed by atoms with Crippen molar-refractivity contribution in [3.8, 4) is 11.5 Å². The average molecular weight is 441 g/mol. The number of anilines is 1. The topological polar surface area (TPSA) is 60.9 Å². The Morgan fingerprint density at radius 3 is 2.94 bits per heavy atom. The summed E-state index contributed by atoms with van der Waals surface area (Å²) >= 11 is 1.49. The summed E-state index contributed by atoms with van der Waals surface area (Å²) in [6.07, 6.45) is 4.04. The molecule has 6 nitrogen and oxygen atoms in total. The van der Waals surface area contributed by atoms with Crippen molar-refractivity contribution in [3.63, 3.8) is 0 Å². The quantitative estimate of drug-likeness (QED) is 0.422. The molecule has 0 N–H and O–H groups in total. The number of unbranched alkanes of at least 4 members (excludes halogenated alkanes) is 1. The number of hydrogen-bond donors (Lipinski definition) is 0. The van der Waals surface area contributed by atoms with Gasteiger partial charge in [-0.05, 0) is 55.7 Å². The van der Waals surface area contributed by atoms with Crippen LogP contribution in [0.2, 0.25) is 0 Å². The number of methoxy groups -OCH3 is 1. The summed E-state index contributed by atoms with van der Waals surface area (Å²) in [4.78, 5) is 20.1. The van der Waals surface area contributed by atoms with Crippen molar-refractivity contribution in [1.29, 1.82) is 0 Å². The molecule has 1 aliphatic rings. The maximum Gasteiger partial charge on any atom is 0.260 e. The van der Waals surface area contributed by atoms with Gasteiger partial charge in [0.1, 0.15) is 11.5 Å². The second kappa shape index (κ2) is 10.1. The van der Waals surface area contributed by atoms with Crippen LogP contribution in [0.1, 0.15) is 43.0 Å². The van der Waals surface area contributed by atoms with Gasteiger partial charge in [0.25, 0.3) is 5.91 Å². The molecule has 3 aromatic rings. The molecular formula is C24H28N2O4S. The predicted octanol–water partition coefficient (Wildman–Crippen LogP) is 5.31. The van der Waals surface area contributed by atoms with Crippen molar-refractivity contribution in [2.24, 2.45) is 0 Å². The minimum Gasteiger partial charge on any atom is -0.497 e. The van der Waals surface area contributed by atoms with Gasteiger partial charge in [-0.25, -0.2) is 4.98 Å². The Balaban J connectivity index is 1.63. The molecule has 1 unspecified atom stereocenters. The van der Waals surface area contributed by atoms with Crippen LogP contribution in [0.25, 0.3) is 10.2 Å². The first-order valence-electron chi connectivity index (χ1n) is 10.8. The molecule has 1 aromatic heterocycles. The molecule has 4 rings (SSSR count). The average Bonchev–Trinajstić information content (AvgIpc) is 3.46. The highest BCUT2D eigenvalue weighted by atomic mass is 32.1. The summed E-state index contributed by atoms with van der Waals surface area (Å²) in [6.45, 7) is 3.99. The maximum absolute atomic E-state index is 13.6. The van der Waals surface area contributed by atoms with E-state index in [1.54, 1.807) is 12.0 Å².